The number of aliphatic hydroxyl groups excluding tert-OH is 1. The first-order chi connectivity index (χ1) is 10.9. The Balaban J connectivity index is 1.84. The van der Waals surface area contributed by atoms with E-state index in [1.165, 1.54) is 12.1 Å². The van der Waals surface area contributed by atoms with Crippen molar-refractivity contribution in [3.8, 4) is 0 Å². The van der Waals surface area contributed by atoms with Crippen molar-refractivity contribution in [1.82, 2.24) is 0 Å². The lowest BCUT2D eigenvalue weighted by Gasteiger charge is -2.11. The lowest BCUT2D eigenvalue weighted by atomic mass is 10.1. The van der Waals surface area contributed by atoms with Gasteiger partial charge in [-0.1, -0.05) is 41.4 Å². The first-order valence-corrected chi connectivity index (χ1v) is 9.04. The second-order valence-corrected chi connectivity index (χ2v) is 7.42. The standard InChI is InChI=1S/C17H19ClO4S/c1-13-2-10-17(11-3-13)23(20,21)22-12-16(19)9-6-14-4-7-15(18)8-5-14/h2-5,7-8,10-11,16,19H,6,9,12H2,1H3/t16-/m0/s1. The Hall–Kier alpha value is -1.40. The Bertz CT molecular complexity index is 724. The molecule has 0 radical (unpaired) electrons. The van der Waals surface area contributed by atoms with E-state index in [2.05, 4.69) is 0 Å². The van der Waals surface area contributed by atoms with Crippen molar-refractivity contribution in [1.29, 1.82) is 0 Å². The molecule has 0 bridgehead atoms. The van der Waals surface area contributed by atoms with Crippen LogP contribution in [0.25, 0.3) is 0 Å². The summed E-state index contributed by atoms with van der Waals surface area (Å²) >= 11 is 5.81. The van der Waals surface area contributed by atoms with Crippen LogP contribution >= 0.6 is 11.6 Å². The van der Waals surface area contributed by atoms with E-state index in [1.54, 1.807) is 24.3 Å². The van der Waals surface area contributed by atoms with Gasteiger partial charge in [-0.25, -0.2) is 0 Å². The zero-order valence-corrected chi connectivity index (χ0v) is 14.3. The van der Waals surface area contributed by atoms with Gasteiger partial charge in [0, 0.05) is 5.02 Å². The lowest BCUT2D eigenvalue weighted by molar-refractivity contribution is 0.103. The predicted molar refractivity (Wildman–Crippen MR) is 90.1 cm³/mol. The molecule has 0 unspecified atom stereocenters. The lowest BCUT2D eigenvalue weighted by Crippen LogP contribution is -2.19. The molecule has 0 heterocycles. The molecule has 0 saturated heterocycles. The zero-order valence-electron chi connectivity index (χ0n) is 12.8. The maximum atomic E-state index is 12.0. The third kappa shape index (κ3) is 5.62. The number of halogens is 1. The van der Waals surface area contributed by atoms with Gasteiger partial charge in [-0.15, -0.1) is 0 Å². The third-order valence-corrected chi connectivity index (χ3v) is 4.95. The Labute approximate surface area is 141 Å². The molecule has 0 aliphatic carbocycles. The van der Waals surface area contributed by atoms with Gasteiger partial charge in [0.15, 0.2) is 0 Å². The topological polar surface area (TPSA) is 63.6 Å². The van der Waals surface area contributed by atoms with Crippen LogP contribution in [0.3, 0.4) is 0 Å². The normalized spacial score (nSPS) is 13.0. The van der Waals surface area contributed by atoms with E-state index in [0.717, 1.165) is 11.1 Å². The van der Waals surface area contributed by atoms with Gasteiger partial charge in [-0.2, -0.15) is 8.42 Å². The second kappa shape index (κ2) is 7.93. The van der Waals surface area contributed by atoms with Crippen molar-refractivity contribution < 1.29 is 17.7 Å². The van der Waals surface area contributed by atoms with Gasteiger partial charge in [0.25, 0.3) is 10.1 Å². The summed E-state index contributed by atoms with van der Waals surface area (Å²) in [4.78, 5) is 0.0907. The van der Waals surface area contributed by atoms with Gasteiger partial charge >= 0.3 is 0 Å². The van der Waals surface area contributed by atoms with E-state index in [9.17, 15) is 13.5 Å². The fraction of sp³-hybridized carbons (Fsp3) is 0.294. The minimum atomic E-state index is -3.84. The maximum Gasteiger partial charge on any atom is 0.297 e. The molecule has 1 N–H and O–H groups in total. The van der Waals surface area contributed by atoms with Crippen LogP contribution in [0, 0.1) is 6.92 Å². The molecule has 2 rings (SSSR count). The Morgan fingerprint density at radius 2 is 1.70 bits per heavy atom. The molecular formula is C17H19ClO4S. The SMILES string of the molecule is Cc1ccc(S(=O)(=O)OC[C@@H](O)CCc2ccc(Cl)cc2)cc1. The van der Waals surface area contributed by atoms with E-state index in [1.807, 2.05) is 19.1 Å². The molecule has 2 aromatic carbocycles. The first kappa shape index (κ1) is 17.9. The summed E-state index contributed by atoms with van der Waals surface area (Å²) in [6, 6.07) is 13.7. The Morgan fingerprint density at radius 3 is 2.30 bits per heavy atom. The van der Waals surface area contributed by atoms with E-state index < -0.39 is 16.2 Å². The van der Waals surface area contributed by atoms with Crippen LogP contribution < -0.4 is 0 Å². The summed E-state index contributed by atoms with van der Waals surface area (Å²) in [5, 5.41) is 10.6. The van der Waals surface area contributed by atoms with Crippen LogP contribution in [0.15, 0.2) is 53.4 Å². The smallest absolute Gasteiger partial charge is 0.297 e. The van der Waals surface area contributed by atoms with Crippen molar-refractivity contribution in [2.24, 2.45) is 0 Å². The van der Waals surface area contributed by atoms with E-state index in [0.29, 0.717) is 17.9 Å². The van der Waals surface area contributed by atoms with Crippen molar-refractivity contribution >= 4 is 21.7 Å². The number of hydrogen-bond donors (Lipinski definition) is 1. The Morgan fingerprint density at radius 1 is 1.09 bits per heavy atom. The highest BCUT2D eigenvalue weighted by atomic mass is 35.5. The molecule has 2 aromatic rings. The van der Waals surface area contributed by atoms with E-state index in [-0.39, 0.29) is 11.5 Å². The maximum absolute atomic E-state index is 12.0. The third-order valence-electron chi connectivity index (χ3n) is 3.40. The van der Waals surface area contributed by atoms with Gasteiger partial charge in [0.2, 0.25) is 0 Å². The monoisotopic (exact) mass is 354 g/mol. The molecule has 0 amide bonds. The van der Waals surface area contributed by atoms with Gasteiger partial charge in [0.05, 0.1) is 17.6 Å². The molecule has 0 saturated carbocycles. The zero-order chi connectivity index (χ0) is 16.9. The highest BCUT2D eigenvalue weighted by molar-refractivity contribution is 7.86. The quantitative estimate of drug-likeness (QED) is 0.774. The largest absolute Gasteiger partial charge is 0.391 e. The summed E-state index contributed by atoms with van der Waals surface area (Å²) in [6.45, 7) is 1.61. The highest BCUT2D eigenvalue weighted by Gasteiger charge is 2.17. The summed E-state index contributed by atoms with van der Waals surface area (Å²) in [5.74, 6) is 0. The molecule has 6 heteroatoms. The molecule has 0 aliphatic rings. The summed E-state index contributed by atoms with van der Waals surface area (Å²) < 4.78 is 28.9. The molecule has 124 valence electrons. The van der Waals surface area contributed by atoms with Gasteiger partial charge in [-0.3, -0.25) is 4.18 Å². The molecule has 0 aliphatic heterocycles. The van der Waals surface area contributed by atoms with Crippen LogP contribution in [-0.2, 0) is 20.7 Å². The van der Waals surface area contributed by atoms with Gasteiger partial charge < -0.3 is 5.11 Å². The average Bonchev–Trinajstić information content (AvgIpc) is 2.53. The molecule has 4 nitrogen and oxygen atoms in total. The number of hydrogen-bond acceptors (Lipinski definition) is 4. The van der Waals surface area contributed by atoms with Crippen LogP contribution in [0.4, 0.5) is 0 Å². The van der Waals surface area contributed by atoms with Crippen LogP contribution in [0.2, 0.25) is 5.02 Å². The fourth-order valence-corrected chi connectivity index (χ4v) is 3.08. The van der Waals surface area contributed by atoms with Crippen molar-refractivity contribution in [3.05, 3.63) is 64.7 Å². The number of benzene rings is 2. The van der Waals surface area contributed by atoms with Crippen molar-refractivity contribution in [3.63, 3.8) is 0 Å². The molecule has 0 spiro atoms. The van der Waals surface area contributed by atoms with Crippen LogP contribution in [0.1, 0.15) is 17.5 Å². The Kier molecular flexibility index (Phi) is 6.18. The second-order valence-electron chi connectivity index (χ2n) is 5.37. The minimum Gasteiger partial charge on any atom is -0.391 e. The highest BCUT2D eigenvalue weighted by Crippen LogP contribution is 2.15. The minimum absolute atomic E-state index is 0.0907. The number of aliphatic hydroxyl groups is 1. The van der Waals surface area contributed by atoms with E-state index >= 15 is 0 Å². The van der Waals surface area contributed by atoms with Gasteiger partial charge in [0.1, 0.15) is 0 Å². The predicted octanol–water partition coefficient (Wildman–Crippen LogP) is 3.35. The molecule has 0 fully saturated rings. The number of rotatable bonds is 7. The van der Waals surface area contributed by atoms with Crippen molar-refractivity contribution in [2.45, 2.75) is 30.8 Å². The average molecular weight is 355 g/mol. The molecular weight excluding hydrogens is 336 g/mol. The summed E-state index contributed by atoms with van der Waals surface area (Å²) in [6.07, 6.45) is 0.169. The molecule has 1 atom stereocenters. The van der Waals surface area contributed by atoms with E-state index in [4.69, 9.17) is 15.8 Å². The molecule has 23 heavy (non-hydrogen) atoms. The van der Waals surface area contributed by atoms with Crippen LogP contribution in [0.5, 0.6) is 0 Å². The molecule has 0 aromatic heterocycles. The fourth-order valence-electron chi connectivity index (χ4n) is 2.01. The van der Waals surface area contributed by atoms with Crippen molar-refractivity contribution in [2.75, 3.05) is 6.61 Å². The first-order valence-electron chi connectivity index (χ1n) is 7.25. The van der Waals surface area contributed by atoms with Gasteiger partial charge in [-0.05, 0) is 49.6 Å². The summed E-state index contributed by atoms with van der Waals surface area (Å²) in [7, 11) is -3.84. The number of aryl methyl sites for hydroxylation is 2. The van der Waals surface area contributed by atoms with Crippen LogP contribution in [-0.4, -0.2) is 26.2 Å². The summed E-state index contributed by atoms with van der Waals surface area (Å²) in [5.41, 5.74) is 1.99.